The Morgan fingerprint density at radius 2 is 1.83 bits per heavy atom. The Labute approximate surface area is 68.1 Å². The molecule has 0 amide bonds. The number of aliphatic hydroxyl groups excluding tert-OH is 1. The molecule has 12 heavy (non-hydrogen) atoms. The molecule has 0 unspecified atom stereocenters. The summed E-state index contributed by atoms with van der Waals surface area (Å²) < 4.78 is 0. The van der Waals surface area contributed by atoms with E-state index in [2.05, 4.69) is 0 Å². The summed E-state index contributed by atoms with van der Waals surface area (Å²) in [5, 5.41) is 34.5. The van der Waals surface area contributed by atoms with E-state index in [0.717, 1.165) is 0 Å². The minimum atomic E-state index is -2.61. The monoisotopic (exact) mass is 178 g/mol. The Balaban J connectivity index is 4.75. The Morgan fingerprint density at radius 1 is 1.42 bits per heavy atom. The molecule has 2 atom stereocenters. The summed E-state index contributed by atoms with van der Waals surface area (Å²) in [5.74, 6) is -3.51. The number of aliphatic hydroxyl groups is 2. The van der Waals surface area contributed by atoms with Crippen molar-refractivity contribution in [2.75, 3.05) is 0 Å². The number of carbonyl (C=O) groups is 2. The predicted octanol–water partition coefficient (Wildman–Crippen LogP) is -1.34. The normalized spacial score (nSPS) is 17.9. The summed E-state index contributed by atoms with van der Waals surface area (Å²) in [6.45, 7) is 1.26. The van der Waals surface area contributed by atoms with Crippen molar-refractivity contribution in [1.29, 1.82) is 0 Å². The zero-order chi connectivity index (χ0) is 9.94. The van der Waals surface area contributed by atoms with Crippen LogP contribution in [0.5, 0.6) is 0 Å². The van der Waals surface area contributed by atoms with Crippen molar-refractivity contribution in [3.63, 3.8) is 0 Å². The highest BCUT2D eigenvalue weighted by Crippen LogP contribution is 2.15. The molecular weight excluding hydrogens is 168 g/mol. The standard InChI is InChI=1S/C6H10O6/c1-2-6(12,5(10)11)3(7)4(8)9/h3,7,12H,2H2,1H3,(H,8,9)(H,10,11)/t3-,6+/m1/s1. The molecule has 4 N–H and O–H groups in total. The molecule has 0 aromatic carbocycles. The lowest BCUT2D eigenvalue weighted by molar-refractivity contribution is -0.183. The van der Waals surface area contributed by atoms with E-state index in [1.54, 1.807) is 0 Å². The second kappa shape index (κ2) is 3.51. The number of carboxylic acid groups (broad SMARTS) is 2. The van der Waals surface area contributed by atoms with Crippen LogP contribution in [0.2, 0.25) is 0 Å². The van der Waals surface area contributed by atoms with Crippen molar-refractivity contribution in [3.8, 4) is 0 Å². The van der Waals surface area contributed by atoms with E-state index in [1.807, 2.05) is 0 Å². The summed E-state index contributed by atoms with van der Waals surface area (Å²) in [6.07, 6.45) is -2.68. The van der Waals surface area contributed by atoms with Gasteiger partial charge in [-0.05, 0) is 6.42 Å². The third-order valence-corrected chi connectivity index (χ3v) is 1.60. The van der Waals surface area contributed by atoms with Crippen LogP contribution in [0, 0.1) is 0 Å². The molecule has 0 spiro atoms. The van der Waals surface area contributed by atoms with Gasteiger partial charge in [0.15, 0.2) is 11.7 Å². The highest BCUT2D eigenvalue weighted by atomic mass is 16.4. The van der Waals surface area contributed by atoms with Crippen LogP contribution in [0.25, 0.3) is 0 Å². The molecule has 0 saturated heterocycles. The van der Waals surface area contributed by atoms with Crippen LogP contribution in [-0.2, 0) is 9.59 Å². The van der Waals surface area contributed by atoms with Crippen LogP contribution in [0.15, 0.2) is 0 Å². The van der Waals surface area contributed by atoms with Crippen molar-refractivity contribution < 1.29 is 30.0 Å². The van der Waals surface area contributed by atoms with Gasteiger partial charge in [0.25, 0.3) is 0 Å². The minimum absolute atomic E-state index is 0.379. The van der Waals surface area contributed by atoms with Gasteiger partial charge in [-0.1, -0.05) is 6.92 Å². The van der Waals surface area contributed by atoms with Crippen LogP contribution in [-0.4, -0.2) is 44.1 Å². The molecule has 0 aliphatic carbocycles. The number of hydrogen-bond acceptors (Lipinski definition) is 4. The molecule has 0 aromatic heterocycles. The van der Waals surface area contributed by atoms with Crippen LogP contribution < -0.4 is 0 Å². The highest BCUT2D eigenvalue weighted by molar-refractivity contribution is 5.86. The van der Waals surface area contributed by atoms with Gasteiger partial charge < -0.3 is 20.4 Å². The summed E-state index contributed by atoms with van der Waals surface area (Å²) >= 11 is 0. The van der Waals surface area contributed by atoms with Gasteiger partial charge in [0, 0.05) is 0 Å². The second-order valence-electron chi connectivity index (χ2n) is 2.32. The van der Waals surface area contributed by atoms with Gasteiger partial charge in [0.1, 0.15) is 0 Å². The molecule has 0 heterocycles. The lowest BCUT2D eigenvalue weighted by atomic mass is 9.94. The molecule has 0 radical (unpaired) electrons. The molecule has 0 rings (SSSR count). The van der Waals surface area contributed by atoms with Crippen LogP contribution >= 0.6 is 0 Å². The zero-order valence-electron chi connectivity index (χ0n) is 6.39. The van der Waals surface area contributed by atoms with Gasteiger partial charge in [-0.15, -0.1) is 0 Å². The molecular formula is C6H10O6. The topological polar surface area (TPSA) is 115 Å². The van der Waals surface area contributed by atoms with Gasteiger partial charge >= 0.3 is 11.9 Å². The number of rotatable bonds is 4. The lowest BCUT2D eigenvalue weighted by Crippen LogP contribution is -2.52. The van der Waals surface area contributed by atoms with E-state index in [9.17, 15) is 9.59 Å². The Morgan fingerprint density at radius 3 is 1.92 bits per heavy atom. The van der Waals surface area contributed by atoms with Gasteiger partial charge in [-0.3, -0.25) is 0 Å². The molecule has 0 bridgehead atoms. The van der Waals surface area contributed by atoms with Crippen LogP contribution in [0.1, 0.15) is 13.3 Å². The maximum absolute atomic E-state index is 10.3. The molecule has 0 aliphatic rings. The largest absolute Gasteiger partial charge is 0.479 e. The van der Waals surface area contributed by atoms with Crippen LogP contribution in [0.4, 0.5) is 0 Å². The maximum Gasteiger partial charge on any atom is 0.339 e. The average Bonchev–Trinajstić information content (AvgIpc) is 2.01. The zero-order valence-corrected chi connectivity index (χ0v) is 6.39. The summed E-state index contributed by atoms with van der Waals surface area (Å²) in [5.41, 5.74) is -2.61. The van der Waals surface area contributed by atoms with Crippen molar-refractivity contribution >= 4 is 11.9 Å². The van der Waals surface area contributed by atoms with E-state index >= 15 is 0 Å². The number of carboxylic acids is 2. The van der Waals surface area contributed by atoms with E-state index in [4.69, 9.17) is 20.4 Å². The molecule has 0 saturated carbocycles. The third-order valence-electron chi connectivity index (χ3n) is 1.60. The first-order valence-electron chi connectivity index (χ1n) is 3.23. The molecule has 0 aliphatic heterocycles. The Hall–Kier alpha value is -1.14. The lowest BCUT2D eigenvalue weighted by Gasteiger charge is -2.23. The summed E-state index contributed by atoms with van der Waals surface area (Å²) in [6, 6.07) is 0. The van der Waals surface area contributed by atoms with Crippen LogP contribution in [0.3, 0.4) is 0 Å². The Kier molecular flexibility index (Phi) is 3.17. The molecule has 0 fully saturated rings. The average molecular weight is 178 g/mol. The minimum Gasteiger partial charge on any atom is -0.479 e. The van der Waals surface area contributed by atoms with E-state index in [-0.39, 0.29) is 6.42 Å². The van der Waals surface area contributed by atoms with Crippen molar-refractivity contribution in [1.82, 2.24) is 0 Å². The fourth-order valence-electron chi connectivity index (χ4n) is 0.666. The van der Waals surface area contributed by atoms with Gasteiger partial charge in [0.2, 0.25) is 0 Å². The number of hydrogen-bond donors (Lipinski definition) is 4. The first-order chi connectivity index (χ1) is 5.36. The predicted molar refractivity (Wildman–Crippen MR) is 36.5 cm³/mol. The Bertz CT molecular complexity index is 200. The van der Waals surface area contributed by atoms with E-state index in [1.165, 1.54) is 6.92 Å². The van der Waals surface area contributed by atoms with Crippen molar-refractivity contribution in [2.24, 2.45) is 0 Å². The molecule has 70 valence electrons. The fourth-order valence-corrected chi connectivity index (χ4v) is 0.666. The summed E-state index contributed by atoms with van der Waals surface area (Å²) in [7, 11) is 0. The second-order valence-corrected chi connectivity index (χ2v) is 2.32. The molecule has 0 aromatic rings. The smallest absolute Gasteiger partial charge is 0.339 e. The SMILES string of the molecule is CC[C@@](O)(C(=O)O)[C@H](O)C(=O)O. The van der Waals surface area contributed by atoms with Crippen molar-refractivity contribution in [3.05, 3.63) is 0 Å². The maximum atomic E-state index is 10.3. The van der Waals surface area contributed by atoms with Gasteiger partial charge in [0.05, 0.1) is 0 Å². The van der Waals surface area contributed by atoms with E-state index in [0.29, 0.717) is 0 Å². The first kappa shape index (κ1) is 10.9. The fraction of sp³-hybridized carbons (Fsp3) is 0.667. The van der Waals surface area contributed by atoms with Gasteiger partial charge in [-0.2, -0.15) is 0 Å². The van der Waals surface area contributed by atoms with Gasteiger partial charge in [-0.25, -0.2) is 9.59 Å². The molecule has 6 heteroatoms. The van der Waals surface area contributed by atoms with E-state index < -0.39 is 23.6 Å². The first-order valence-corrected chi connectivity index (χ1v) is 3.23. The van der Waals surface area contributed by atoms with Crippen molar-refractivity contribution in [2.45, 2.75) is 25.0 Å². The highest BCUT2D eigenvalue weighted by Gasteiger charge is 2.46. The quantitative estimate of drug-likeness (QED) is 0.423. The third kappa shape index (κ3) is 1.72. The number of aliphatic carboxylic acids is 2. The molecule has 6 nitrogen and oxygen atoms in total. The summed E-state index contributed by atoms with van der Waals surface area (Å²) in [4.78, 5) is 20.5.